The van der Waals surface area contributed by atoms with Crippen molar-refractivity contribution in [1.29, 1.82) is 0 Å². The molecule has 19 heavy (non-hydrogen) atoms. The number of aromatic nitrogens is 2. The van der Waals surface area contributed by atoms with Gasteiger partial charge in [-0.15, -0.1) is 0 Å². The number of ether oxygens (including phenoxy) is 1. The van der Waals surface area contributed by atoms with Crippen LogP contribution in [0.1, 0.15) is 33.0 Å². The Balaban J connectivity index is 2.22. The molecule has 0 saturated carbocycles. The molecule has 0 bridgehead atoms. The van der Waals surface area contributed by atoms with Gasteiger partial charge in [-0.1, -0.05) is 0 Å². The van der Waals surface area contributed by atoms with Crippen LogP contribution in [-0.2, 0) is 9.53 Å². The Morgan fingerprint density at radius 2 is 2.05 bits per heavy atom. The van der Waals surface area contributed by atoms with Gasteiger partial charge in [0.05, 0.1) is 0 Å². The molecule has 0 aromatic carbocycles. The highest BCUT2D eigenvalue weighted by atomic mass is 32.1. The number of carbonyl (C=O) groups excluding carboxylic acids is 2. The van der Waals surface area contributed by atoms with Crippen molar-refractivity contribution in [3.8, 4) is 0 Å². The van der Waals surface area contributed by atoms with Gasteiger partial charge in [0, 0.05) is 24.5 Å². The van der Waals surface area contributed by atoms with E-state index in [1.807, 2.05) is 0 Å². The molecule has 0 atom stereocenters. The van der Waals surface area contributed by atoms with Crippen molar-refractivity contribution >= 4 is 28.7 Å². The molecule has 2 amide bonds. The molecule has 1 aromatic rings. The van der Waals surface area contributed by atoms with Crippen LogP contribution in [0.4, 0.5) is 9.93 Å². The zero-order valence-corrected chi connectivity index (χ0v) is 12.3. The van der Waals surface area contributed by atoms with Crippen molar-refractivity contribution in [2.45, 2.75) is 39.7 Å². The highest BCUT2D eigenvalue weighted by Gasteiger charge is 2.16. The van der Waals surface area contributed by atoms with E-state index in [4.69, 9.17) is 4.74 Å². The van der Waals surface area contributed by atoms with Crippen molar-refractivity contribution in [1.82, 2.24) is 14.7 Å². The predicted octanol–water partition coefficient (Wildman–Crippen LogP) is 1.70. The molecular formula is C11H18N4O3S. The summed E-state index contributed by atoms with van der Waals surface area (Å²) in [4.78, 5) is 26.8. The standard InChI is InChI=1S/C11H18N4O3S/c1-7-13-9(19-15-7)14-8(16)5-6-12-10(17)18-11(2,3)4/h5-6H2,1-4H3,(H,12,17)(H,13,14,15,16). The molecule has 0 unspecified atom stereocenters. The molecule has 1 heterocycles. The van der Waals surface area contributed by atoms with E-state index in [-0.39, 0.29) is 18.9 Å². The zero-order chi connectivity index (χ0) is 14.5. The van der Waals surface area contributed by atoms with Gasteiger partial charge >= 0.3 is 6.09 Å². The summed E-state index contributed by atoms with van der Waals surface area (Å²) in [6.07, 6.45) is -0.384. The van der Waals surface area contributed by atoms with E-state index in [9.17, 15) is 9.59 Å². The number of nitrogens with one attached hydrogen (secondary N) is 2. The van der Waals surface area contributed by atoms with E-state index in [0.29, 0.717) is 11.0 Å². The first-order chi connectivity index (χ1) is 8.76. The van der Waals surface area contributed by atoms with E-state index in [1.54, 1.807) is 27.7 Å². The molecule has 0 aliphatic rings. The average Bonchev–Trinajstić information content (AvgIpc) is 2.61. The fourth-order valence-electron chi connectivity index (χ4n) is 1.12. The minimum absolute atomic E-state index is 0.151. The average molecular weight is 286 g/mol. The highest BCUT2D eigenvalue weighted by Crippen LogP contribution is 2.10. The van der Waals surface area contributed by atoms with E-state index in [1.165, 1.54) is 0 Å². The first-order valence-electron chi connectivity index (χ1n) is 5.83. The van der Waals surface area contributed by atoms with Gasteiger partial charge in [-0.3, -0.25) is 4.79 Å². The number of nitrogens with zero attached hydrogens (tertiary/aromatic N) is 2. The fourth-order valence-corrected chi connectivity index (χ4v) is 1.71. The smallest absolute Gasteiger partial charge is 0.407 e. The fraction of sp³-hybridized carbons (Fsp3) is 0.636. The van der Waals surface area contributed by atoms with Crippen molar-refractivity contribution in [3.63, 3.8) is 0 Å². The Labute approximate surface area is 115 Å². The van der Waals surface area contributed by atoms with Gasteiger partial charge in [-0.2, -0.15) is 4.37 Å². The second-order valence-corrected chi connectivity index (χ2v) is 5.63. The lowest BCUT2D eigenvalue weighted by Gasteiger charge is -2.19. The second-order valence-electron chi connectivity index (χ2n) is 4.87. The largest absolute Gasteiger partial charge is 0.444 e. The third kappa shape index (κ3) is 6.70. The van der Waals surface area contributed by atoms with Crippen molar-refractivity contribution in [3.05, 3.63) is 5.82 Å². The normalized spacial score (nSPS) is 10.9. The first kappa shape index (κ1) is 15.4. The molecule has 2 N–H and O–H groups in total. The van der Waals surface area contributed by atoms with Crippen LogP contribution in [0.3, 0.4) is 0 Å². The van der Waals surface area contributed by atoms with Gasteiger partial charge in [0.1, 0.15) is 11.4 Å². The molecule has 106 valence electrons. The van der Waals surface area contributed by atoms with Crippen molar-refractivity contribution < 1.29 is 14.3 Å². The quantitative estimate of drug-likeness (QED) is 0.878. The Morgan fingerprint density at radius 1 is 1.37 bits per heavy atom. The van der Waals surface area contributed by atoms with Gasteiger partial charge in [-0.05, 0) is 27.7 Å². The van der Waals surface area contributed by atoms with E-state index >= 15 is 0 Å². The maximum atomic E-state index is 11.5. The van der Waals surface area contributed by atoms with Gasteiger partial charge < -0.3 is 15.4 Å². The van der Waals surface area contributed by atoms with Crippen molar-refractivity contribution in [2.75, 3.05) is 11.9 Å². The van der Waals surface area contributed by atoms with Gasteiger partial charge in [0.25, 0.3) is 0 Å². The Bertz CT molecular complexity index is 453. The summed E-state index contributed by atoms with van der Waals surface area (Å²) in [5.74, 6) is 0.388. The number of anilines is 1. The third-order valence-corrected chi connectivity index (χ3v) is 2.52. The van der Waals surface area contributed by atoms with Crippen LogP contribution < -0.4 is 10.6 Å². The molecule has 0 radical (unpaired) electrons. The first-order valence-corrected chi connectivity index (χ1v) is 6.60. The zero-order valence-electron chi connectivity index (χ0n) is 11.4. The van der Waals surface area contributed by atoms with Crippen LogP contribution in [0.2, 0.25) is 0 Å². The molecule has 7 nitrogen and oxygen atoms in total. The number of rotatable bonds is 4. The topological polar surface area (TPSA) is 93.2 Å². The number of aryl methyl sites for hydroxylation is 1. The molecular weight excluding hydrogens is 268 g/mol. The molecule has 1 aromatic heterocycles. The Hall–Kier alpha value is -1.70. The van der Waals surface area contributed by atoms with Crippen LogP contribution in [0.5, 0.6) is 0 Å². The molecule has 0 spiro atoms. The van der Waals surface area contributed by atoms with E-state index in [0.717, 1.165) is 11.5 Å². The summed E-state index contributed by atoms with van der Waals surface area (Å²) < 4.78 is 8.98. The van der Waals surface area contributed by atoms with Crippen LogP contribution >= 0.6 is 11.5 Å². The lowest BCUT2D eigenvalue weighted by Crippen LogP contribution is -2.34. The summed E-state index contributed by atoms with van der Waals surface area (Å²) in [6, 6.07) is 0. The molecule has 8 heteroatoms. The van der Waals surface area contributed by atoms with Crippen molar-refractivity contribution in [2.24, 2.45) is 0 Å². The lowest BCUT2D eigenvalue weighted by atomic mass is 10.2. The van der Waals surface area contributed by atoms with Gasteiger partial charge in [-0.25, -0.2) is 9.78 Å². The van der Waals surface area contributed by atoms with Gasteiger partial charge in [0.15, 0.2) is 0 Å². The lowest BCUT2D eigenvalue weighted by molar-refractivity contribution is -0.116. The van der Waals surface area contributed by atoms with E-state index in [2.05, 4.69) is 20.0 Å². The van der Waals surface area contributed by atoms with Crippen LogP contribution in [0, 0.1) is 6.92 Å². The monoisotopic (exact) mass is 286 g/mol. The minimum Gasteiger partial charge on any atom is -0.444 e. The van der Waals surface area contributed by atoms with Crippen LogP contribution in [0.25, 0.3) is 0 Å². The minimum atomic E-state index is -0.545. The summed E-state index contributed by atoms with van der Waals surface area (Å²) >= 11 is 1.12. The number of amides is 2. The van der Waals surface area contributed by atoms with Gasteiger partial charge in [0.2, 0.25) is 11.0 Å². The van der Waals surface area contributed by atoms with Crippen LogP contribution in [0.15, 0.2) is 0 Å². The predicted molar refractivity (Wildman–Crippen MR) is 72.1 cm³/mol. The SMILES string of the molecule is Cc1nsc(NC(=O)CCNC(=O)OC(C)(C)C)n1. The molecule has 0 fully saturated rings. The number of carbonyl (C=O) groups is 2. The third-order valence-electron chi connectivity index (χ3n) is 1.79. The summed E-state index contributed by atoms with van der Waals surface area (Å²) in [7, 11) is 0. The maximum absolute atomic E-state index is 11.5. The highest BCUT2D eigenvalue weighted by molar-refractivity contribution is 7.09. The number of hydrogen-bond acceptors (Lipinski definition) is 6. The molecule has 0 saturated heterocycles. The maximum Gasteiger partial charge on any atom is 0.407 e. The number of alkyl carbamates (subject to hydrolysis) is 1. The Kier molecular flexibility index (Phi) is 5.22. The number of hydrogen-bond donors (Lipinski definition) is 2. The molecule has 0 aliphatic heterocycles. The molecule has 0 aliphatic carbocycles. The Morgan fingerprint density at radius 3 is 2.58 bits per heavy atom. The van der Waals surface area contributed by atoms with E-state index < -0.39 is 11.7 Å². The molecule has 1 rings (SSSR count). The summed E-state index contributed by atoms with van der Waals surface area (Å²) in [5.41, 5.74) is -0.545. The summed E-state index contributed by atoms with van der Waals surface area (Å²) in [6.45, 7) is 7.28. The van der Waals surface area contributed by atoms with Crippen LogP contribution in [-0.4, -0.2) is 33.5 Å². The summed E-state index contributed by atoms with van der Waals surface area (Å²) in [5, 5.41) is 5.56. The second kappa shape index (κ2) is 6.46.